The Bertz CT molecular complexity index is 402. The molecule has 0 radical (unpaired) electrons. The van der Waals surface area contributed by atoms with Crippen LogP contribution in [0.15, 0.2) is 24.3 Å². The molecule has 0 spiro atoms. The number of ether oxygens (including phenoxy) is 1. The molecule has 2 heteroatoms. The van der Waals surface area contributed by atoms with Crippen molar-refractivity contribution in [1.29, 1.82) is 0 Å². The number of benzene rings is 1. The first-order valence-corrected chi connectivity index (χ1v) is 8.13. The molecule has 2 nitrogen and oxygen atoms in total. The summed E-state index contributed by atoms with van der Waals surface area (Å²) in [7, 11) is 0. The average Bonchev–Trinajstić information content (AvgIpc) is 2.50. The lowest BCUT2D eigenvalue weighted by Gasteiger charge is -2.30. The van der Waals surface area contributed by atoms with Gasteiger partial charge >= 0.3 is 0 Å². The third-order valence-corrected chi connectivity index (χ3v) is 4.57. The van der Waals surface area contributed by atoms with E-state index in [9.17, 15) is 5.11 Å². The van der Waals surface area contributed by atoms with Gasteiger partial charge in [0.05, 0.1) is 12.7 Å². The summed E-state index contributed by atoms with van der Waals surface area (Å²) < 4.78 is 5.79. The molecule has 112 valence electrons. The molecule has 1 N–H and O–H groups in total. The number of rotatable bonds is 7. The maximum atomic E-state index is 10.5. The third-order valence-electron chi connectivity index (χ3n) is 4.57. The highest BCUT2D eigenvalue weighted by Crippen LogP contribution is 2.31. The van der Waals surface area contributed by atoms with Gasteiger partial charge in [0.25, 0.3) is 0 Å². The van der Waals surface area contributed by atoms with Crippen LogP contribution in [0.3, 0.4) is 0 Å². The molecule has 3 atom stereocenters. The van der Waals surface area contributed by atoms with Gasteiger partial charge in [0.2, 0.25) is 0 Å². The molecule has 0 aliphatic carbocycles. The van der Waals surface area contributed by atoms with Crippen LogP contribution in [0.4, 0.5) is 0 Å². The Kier molecular flexibility index (Phi) is 5.90. The quantitative estimate of drug-likeness (QED) is 0.808. The molecule has 3 unspecified atom stereocenters. The van der Waals surface area contributed by atoms with Crippen molar-refractivity contribution in [3.05, 3.63) is 29.8 Å². The van der Waals surface area contributed by atoms with Crippen molar-refractivity contribution in [2.75, 3.05) is 6.61 Å². The summed E-state index contributed by atoms with van der Waals surface area (Å²) in [5.74, 6) is 1.90. The van der Waals surface area contributed by atoms with Crippen LogP contribution in [-0.4, -0.2) is 17.8 Å². The molecule has 0 amide bonds. The van der Waals surface area contributed by atoms with Gasteiger partial charge in [-0.2, -0.15) is 0 Å². The van der Waals surface area contributed by atoms with E-state index in [1.165, 1.54) is 31.2 Å². The molecule has 1 heterocycles. The van der Waals surface area contributed by atoms with E-state index >= 15 is 0 Å². The van der Waals surface area contributed by atoms with E-state index in [-0.39, 0.29) is 12.0 Å². The van der Waals surface area contributed by atoms with Crippen molar-refractivity contribution in [1.82, 2.24) is 0 Å². The van der Waals surface area contributed by atoms with Gasteiger partial charge in [-0.3, -0.25) is 0 Å². The Morgan fingerprint density at radius 2 is 2.10 bits per heavy atom. The molecule has 20 heavy (non-hydrogen) atoms. The molecule has 1 aliphatic heterocycles. The van der Waals surface area contributed by atoms with Crippen LogP contribution in [-0.2, 0) is 6.42 Å². The molecular weight excluding hydrogens is 248 g/mol. The fraction of sp³-hybridized carbons (Fsp3) is 0.667. The van der Waals surface area contributed by atoms with Crippen molar-refractivity contribution in [3.8, 4) is 5.75 Å². The first kappa shape index (κ1) is 15.4. The second-order valence-electron chi connectivity index (χ2n) is 6.10. The lowest BCUT2D eigenvalue weighted by atomic mass is 9.85. The molecule has 1 aromatic rings. The zero-order chi connectivity index (χ0) is 14.4. The van der Waals surface area contributed by atoms with Crippen LogP contribution in [0.1, 0.15) is 51.5 Å². The summed E-state index contributed by atoms with van der Waals surface area (Å²) in [5, 5.41) is 10.5. The highest BCUT2D eigenvalue weighted by atomic mass is 16.5. The topological polar surface area (TPSA) is 29.5 Å². The highest BCUT2D eigenvalue weighted by Gasteiger charge is 2.27. The summed E-state index contributed by atoms with van der Waals surface area (Å²) in [6, 6.07) is 8.19. The fourth-order valence-electron chi connectivity index (χ4n) is 3.11. The van der Waals surface area contributed by atoms with Crippen molar-refractivity contribution < 1.29 is 9.84 Å². The monoisotopic (exact) mass is 276 g/mol. The van der Waals surface area contributed by atoms with Crippen molar-refractivity contribution in [2.45, 2.75) is 58.5 Å². The van der Waals surface area contributed by atoms with E-state index in [1.54, 1.807) is 0 Å². The van der Waals surface area contributed by atoms with Gasteiger partial charge < -0.3 is 9.84 Å². The molecule has 0 saturated heterocycles. The summed E-state index contributed by atoms with van der Waals surface area (Å²) in [6.45, 7) is 5.12. The van der Waals surface area contributed by atoms with Gasteiger partial charge in [-0.1, -0.05) is 57.7 Å². The second-order valence-corrected chi connectivity index (χ2v) is 6.10. The molecule has 0 bridgehead atoms. The van der Waals surface area contributed by atoms with Crippen LogP contribution in [0.25, 0.3) is 0 Å². The van der Waals surface area contributed by atoms with E-state index in [2.05, 4.69) is 19.9 Å². The third kappa shape index (κ3) is 3.99. The lowest BCUT2D eigenvalue weighted by molar-refractivity contribution is 0.0445. The Morgan fingerprint density at radius 1 is 1.30 bits per heavy atom. The first-order valence-electron chi connectivity index (χ1n) is 8.13. The maximum absolute atomic E-state index is 10.5. The predicted octanol–water partition coefficient (Wildman–Crippen LogP) is 4.21. The standard InChI is InChI=1S/C18H28O2/c1-3-5-8-14(4-2)11-17(19)16-12-15-9-6-7-10-18(15)20-13-16/h6-7,9-10,14,16-17,19H,3-5,8,11-13H2,1-2H3. The Balaban J connectivity index is 1.89. The van der Waals surface area contributed by atoms with Gasteiger partial charge in [-0.15, -0.1) is 0 Å². The number of para-hydroxylation sites is 1. The normalized spacial score (nSPS) is 20.9. The zero-order valence-corrected chi connectivity index (χ0v) is 12.8. The minimum absolute atomic E-state index is 0.231. The minimum Gasteiger partial charge on any atom is -0.493 e. The second kappa shape index (κ2) is 7.68. The zero-order valence-electron chi connectivity index (χ0n) is 12.8. The number of aliphatic hydroxyl groups is 1. The molecule has 0 aromatic heterocycles. The number of hydrogen-bond acceptors (Lipinski definition) is 2. The first-order chi connectivity index (χ1) is 9.74. The maximum Gasteiger partial charge on any atom is 0.122 e. The summed E-state index contributed by atoms with van der Waals surface area (Å²) in [6.07, 6.45) is 6.57. The molecule has 1 aliphatic rings. The smallest absolute Gasteiger partial charge is 0.122 e. The Hall–Kier alpha value is -1.02. The van der Waals surface area contributed by atoms with Crippen LogP contribution in [0.2, 0.25) is 0 Å². The SMILES string of the molecule is CCCCC(CC)CC(O)C1COc2ccccc2C1. The average molecular weight is 276 g/mol. The van der Waals surface area contributed by atoms with E-state index in [0.29, 0.717) is 12.5 Å². The van der Waals surface area contributed by atoms with Crippen LogP contribution < -0.4 is 4.74 Å². The van der Waals surface area contributed by atoms with Gasteiger partial charge in [0, 0.05) is 5.92 Å². The minimum atomic E-state index is -0.231. The largest absolute Gasteiger partial charge is 0.493 e. The number of hydrogen-bond donors (Lipinski definition) is 1. The van der Waals surface area contributed by atoms with Crippen molar-refractivity contribution in [3.63, 3.8) is 0 Å². The Morgan fingerprint density at radius 3 is 2.85 bits per heavy atom. The van der Waals surface area contributed by atoms with E-state index < -0.39 is 0 Å². The number of fused-ring (bicyclic) bond motifs is 1. The van der Waals surface area contributed by atoms with E-state index in [4.69, 9.17) is 4.74 Å². The lowest BCUT2D eigenvalue weighted by Crippen LogP contribution is -2.33. The molecule has 0 saturated carbocycles. The number of aliphatic hydroxyl groups excluding tert-OH is 1. The van der Waals surface area contributed by atoms with Crippen LogP contribution in [0, 0.1) is 11.8 Å². The van der Waals surface area contributed by atoms with Gasteiger partial charge in [0.15, 0.2) is 0 Å². The molecule has 0 fully saturated rings. The fourth-order valence-corrected chi connectivity index (χ4v) is 3.11. The van der Waals surface area contributed by atoms with Crippen LogP contribution >= 0.6 is 0 Å². The number of unbranched alkanes of at least 4 members (excludes halogenated alkanes) is 1. The highest BCUT2D eigenvalue weighted by molar-refractivity contribution is 5.35. The van der Waals surface area contributed by atoms with E-state index in [0.717, 1.165) is 18.6 Å². The van der Waals surface area contributed by atoms with Crippen molar-refractivity contribution >= 4 is 0 Å². The van der Waals surface area contributed by atoms with Gasteiger partial charge in [-0.05, 0) is 30.4 Å². The molecule has 1 aromatic carbocycles. The molecular formula is C18H28O2. The van der Waals surface area contributed by atoms with E-state index in [1.807, 2.05) is 18.2 Å². The predicted molar refractivity (Wildman–Crippen MR) is 83.1 cm³/mol. The van der Waals surface area contributed by atoms with Gasteiger partial charge in [0.1, 0.15) is 5.75 Å². The van der Waals surface area contributed by atoms with Crippen molar-refractivity contribution in [2.24, 2.45) is 11.8 Å². The Labute approximate surface area is 123 Å². The summed E-state index contributed by atoms with van der Waals surface area (Å²) >= 11 is 0. The summed E-state index contributed by atoms with van der Waals surface area (Å²) in [4.78, 5) is 0. The summed E-state index contributed by atoms with van der Waals surface area (Å²) in [5.41, 5.74) is 1.24. The van der Waals surface area contributed by atoms with Crippen LogP contribution in [0.5, 0.6) is 5.75 Å². The van der Waals surface area contributed by atoms with Gasteiger partial charge in [-0.25, -0.2) is 0 Å². The molecule has 2 rings (SSSR count).